The largest absolute Gasteiger partial charge is 0.370 e. The smallest absolute Gasteiger partial charge is 0.0825 e. The Kier molecular flexibility index (Phi) is 4.15. The Bertz CT molecular complexity index is 432. The summed E-state index contributed by atoms with van der Waals surface area (Å²) >= 11 is 12.2. The highest BCUT2D eigenvalue weighted by atomic mass is 35.5. The van der Waals surface area contributed by atoms with E-state index in [2.05, 4.69) is 11.0 Å². The third-order valence-electron chi connectivity index (χ3n) is 3.27. The summed E-state index contributed by atoms with van der Waals surface area (Å²) in [5.74, 6) is 0.536. The molecule has 2 nitrogen and oxygen atoms in total. The van der Waals surface area contributed by atoms with Crippen LogP contribution in [0.25, 0.3) is 0 Å². The highest BCUT2D eigenvalue weighted by Gasteiger charge is 2.21. The van der Waals surface area contributed by atoms with Crippen LogP contribution in [-0.2, 0) is 0 Å². The Hall–Kier alpha value is -0.910. The summed E-state index contributed by atoms with van der Waals surface area (Å²) in [5.41, 5.74) is 1.01. The molecule has 0 atom stereocenters. The Labute approximate surface area is 112 Å². The van der Waals surface area contributed by atoms with Crippen LogP contribution in [0.2, 0.25) is 10.0 Å². The molecule has 1 saturated heterocycles. The van der Waals surface area contributed by atoms with Gasteiger partial charge >= 0.3 is 0 Å². The maximum Gasteiger partial charge on any atom is 0.0825 e. The molecule has 4 heteroatoms. The molecule has 0 unspecified atom stereocenters. The lowest BCUT2D eigenvalue weighted by molar-refractivity contribution is 0.413. The molecule has 0 N–H and O–H groups in total. The van der Waals surface area contributed by atoms with Crippen LogP contribution in [0.15, 0.2) is 18.2 Å². The van der Waals surface area contributed by atoms with Gasteiger partial charge in [0.05, 0.1) is 21.8 Å². The van der Waals surface area contributed by atoms with E-state index in [1.54, 1.807) is 6.07 Å². The maximum absolute atomic E-state index is 8.68. The van der Waals surface area contributed by atoms with Gasteiger partial charge in [0.2, 0.25) is 0 Å². The summed E-state index contributed by atoms with van der Waals surface area (Å²) in [5, 5.41) is 9.91. The molecule has 0 radical (unpaired) electrons. The molecule has 1 aliphatic heterocycles. The minimum atomic E-state index is 0.536. The number of anilines is 1. The lowest BCUT2D eigenvalue weighted by atomic mass is 9.94. The van der Waals surface area contributed by atoms with Crippen molar-refractivity contribution >= 4 is 28.9 Å². The van der Waals surface area contributed by atoms with Crippen LogP contribution >= 0.6 is 23.2 Å². The first-order valence-electron chi connectivity index (χ1n) is 5.78. The Morgan fingerprint density at radius 3 is 2.65 bits per heavy atom. The molecule has 0 aromatic heterocycles. The molecule has 0 spiro atoms. The number of piperidine rings is 1. The van der Waals surface area contributed by atoms with E-state index in [9.17, 15) is 0 Å². The first kappa shape index (κ1) is 12.5. The number of nitriles is 1. The first-order chi connectivity index (χ1) is 8.22. The lowest BCUT2D eigenvalue weighted by Crippen LogP contribution is -2.33. The second-order valence-electron chi connectivity index (χ2n) is 4.37. The number of benzene rings is 1. The van der Waals surface area contributed by atoms with Crippen molar-refractivity contribution in [2.24, 2.45) is 5.92 Å². The topological polar surface area (TPSA) is 27.0 Å². The zero-order valence-electron chi connectivity index (χ0n) is 9.50. The van der Waals surface area contributed by atoms with Crippen LogP contribution in [0.1, 0.15) is 19.3 Å². The van der Waals surface area contributed by atoms with E-state index in [4.69, 9.17) is 28.5 Å². The second kappa shape index (κ2) is 5.62. The summed E-state index contributed by atoms with van der Waals surface area (Å²) in [6.45, 7) is 1.90. The first-order valence-corrected chi connectivity index (χ1v) is 6.54. The fourth-order valence-electron chi connectivity index (χ4n) is 2.24. The minimum absolute atomic E-state index is 0.536. The summed E-state index contributed by atoms with van der Waals surface area (Å²) in [4.78, 5) is 2.25. The summed E-state index contributed by atoms with van der Waals surface area (Å²) in [6, 6.07) is 7.97. The predicted octanol–water partition coefficient (Wildman–Crippen LogP) is 4.12. The molecule has 1 aliphatic rings. The van der Waals surface area contributed by atoms with Crippen molar-refractivity contribution in [3.63, 3.8) is 0 Å². The third-order valence-corrected chi connectivity index (χ3v) is 4.08. The molecule has 0 amide bonds. The zero-order valence-corrected chi connectivity index (χ0v) is 11.0. The fraction of sp³-hybridized carbons (Fsp3) is 0.462. The van der Waals surface area contributed by atoms with Gasteiger partial charge in [-0.3, -0.25) is 0 Å². The van der Waals surface area contributed by atoms with Crippen LogP contribution in [0, 0.1) is 17.2 Å². The second-order valence-corrected chi connectivity index (χ2v) is 5.15. The fourth-order valence-corrected chi connectivity index (χ4v) is 2.66. The molecule has 0 aliphatic carbocycles. The van der Waals surface area contributed by atoms with Gasteiger partial charge in [0.15, 0.2) is 0 Å². The molecule has 0 saturated carbocycles. The van der Waals surface area contributed by atoms with Gasteiger partial charge in [0, 0.05) is 19.5 Å². The van der Waals surface area contributed by atoms with Crippen LogP contribution in [0.4, 0.5) is 5.69 Å². The average molecular weight is 269 g/mol. The van der Waals surface area contributed by atoms with Gasteiger partial charge in [0.25, 0.3) is 0 Å². The highest BCUT2D eigenvalue weighted by Crippen LogP contribution is 2.34. The lowest BCUT2D eigenvalue weighted by Gasteiger charge is -2.33. The number of hydrogen-bond donors (Lipinski definition) is 0. The molecule has 1 aromatic rings. The van der Waals surface area contributed by atoms with Crippen molar-refractivity contribution in [2.45, 2.75) is 19.3 Å². The standard InChI is InChI=1S/C13H14Cl2N2/c14-11-2-1-3-12(13(11)15)17-8-5-10(4-7-16)6-9-17/h1-3,10H,4-6,8-9H2. The Balaban J connectivity index is 2.06. The molecule has 0 bridgehead atoms. The van der Waals surface area contributed by atoms with Crippen LogP contribution in [0.5, 0.6) is 0 Å². The summed E-state index contributed by atoms with van der Waals surface area (Å²) in [7, 11) is 0. The summed E-state index contributed by atoms with van der Waals surface area (Å²) < 4.78 is 0. The number of rotatable bonds is 2. The highest BCUT2D eigenvalue weighted by molar-refractivity contribution is 6.43. The molecular weight excluding hydrogens is 255 g/mol. The van der Waals surface area contributed by atoms with Gasteiger partial charge in [-0.05, 0) is 30.9 Å². The van der Waals surface area contributed by atoms with Crippen molar-refractivity contribution in [2.75, 3.05) is 18.0 Å². The quantitative estimate of drug-likeness (QED) is 0.807. The number of hydrogen-bond acceptors (Lipinski definition) is 2. The molecule has 90 valence electrons. The van der Waals surface area contributed by atoms with Gasteiger partial charge < -0.3 is 4.90 Å². The molecular formula is C13H14Cl2N2. The normalized spacial score (nSPS) is 16.9. The molecule has 1 heterocycles. The van der Waals surface area contributed by atoms with Crippen molar-refractivity contribution in [1.29, 1.82) is 5.26 Å². The molecule has 1 aromatic carbocycles. The van der Waals surface area contributed by atoms with Crippen LogP contribution in [-0.4, -0.2) is 13.1 Å². The van der Waals surface area contributed by atoms with Crippen LogP contribution < -0.4 is 4.90 Å². The van der Waals surface area contributed by atoms with E-state index in [1.807, 2.05) is 12.1 Å². The maximum atomic E-state index is 8.68. The van der Waals surface area contributed by atoms with Gasteiger partial charge in [-0.25, -0.2) is 0 Å². The Morgan fingerprint density at radius 2 is 2.00 bits per heavy atom. The Morgan fingerprint density at radius 1 is 1.29 bits per heavy atom. The monoisotopic (exact) mass is 268 g/mol. The molecule has 1 fully saturated rings. The predicted molar refractivity (Wildman–Crippen MR) is 71.6 cm³/mol. The molecule has 2 rings (SSSR count). The number of halogens is 2. The SMILES string of the molecule is N#CCC1CCN(c2cccc(Cl)c2Cl)CC1. The van der Waals surface area contributed by atoms with E-state index in [-0.39, 0.29) is 0 Å². The zero-order chi connectivity index (χ0) is 12.3. The average Bonchev–Trinajstić information content (AvgIpc) is 2.34. The van der Waals surface area contributed by atoms with Crippen molar-refractivity contribution in [1.82, 2.24) is 0 Å². The van der Waals surface area contributed by atoms with E-state index < -0.39 is 0 Å². The van der Waals surface area contributed by atoms with Crippen molar-refractivity contribution in [3.05, 3.63) is 28.2 Å². The van der Waals surface area contributed by atoms with Gasteiger partial charge in [0.1, 0.15) is 0 Å². The van der Waals surface area contributed by atoms with Crippen molar-refractivity contribution in [3.8, 4) is 6.07 Å². The van der Waals surface area contributed by atoms with Crippen molar-refractivity contribution < 1.29 is 0 Å². The molecule has 17 heavy (non-hydrogen) atoms. The van der Waals surface area contributed by atoms with Crippen LogP contribution in [0.3, 0.4) is 0 Å². The van der Waals surface area contributed by atoms with E-state index in [0.29, 0.717) is 22.4 Å². The van der Waals surface area contributed by atoms with E-state index >= 15 is 0 Å². The third kappa shape index (κ3) is 2.86. The van der Waals surface area contributed by atoms with Gasteiger partial charge in [-0.1, -0.05) is 29.3 Å². The summed E-state index contributed by atoms with van der Waals surface area (Å²) in [6.07, 6.45) is 2.77. The van der Waals surface area contributed by atoms with E-state index in [0.717, 1.165) is 31.6 Å². The minimum Gasteiger partial charge on any atom is -0.370 e. The van der Waals surface area contributed by atoms with Gasteiger partial charge in [-0.2, -0.15) is 5.26 Å². The number of nitrogens with zero attached hydrogens (tertiary/aromatic N) is 2. The van der Waals surface area contributed by atoms with Gasteiger partial charge in [-0.15, -0.1) is 0 Å². The van der Waals surface area contributed by atoms with E-state index in [1.165, 1.54) is 0 Å².